The molecule has 0 N–H and O–H groups in total. The third-order valence-electron chi connectivity index (χ3n) is 2.86. The van der Waals surface area contributed by atoms with Gasteiger partial charge in [0.25, 0.3) is 0 Å². The molecular formula is C12H11F3O3S. The number of aryl methyl sites for hydroxylation is 2. The lowest BCUT2D eigenvalue weighted by molar-refractivity contribution is -0.0522. The molecule has 0 aromatic heterocycles. The number of alkyl halides is 3. The zero-order valence-electron chi connectivity index (χ0n) is 9.99. The van der Waals surface area contributed by atoms with E-state index < -0.39 is 15.6 Å². The fraction of sp³-hybridized carbons (Fsp3) is 0.333. The molecule has 0 spiro atoms. The minimum absolute atomic E-state index is 0.131. The Morgan fingerprint density at radius 2 is 1.89 bits per heavy atom. The Balaban J connectivity index is 2.33. The van der Waals surface area contributed by atoms with Crippen LogP contribution in [0.15, 0.2) is 24.0 Å². The SMILES string of the molecule is Cc1cccc2c1C=C(OS(=O)(=O)C(F)(F)F)CC2. The van der Waals surface area contributed by atoms with Crippen LogP contribution in [0.4, 0.5) is 13.2 Å². The molecule has 104 valence electrons. The molecule has 2 rings (SSSR count). The van der Waals surface area contributed by atoms with Crippen LogP contribution >= 0.6 is 0 Å². The van der Waals surface area contributed by atoms with Gasteiger partial charge in [-0.2, -0.15) is 21.6 Å². The van der Waals surface area contributed by atoms with Crippen molar-refractivity contribution in [2.75, 3.05) is 0 Å². The van der Waals surface area contributed by atoms with E-state index in [1.807, 2.05) is 12.1 Å². The number of hydrogen-bond acceptors (Lipinski definition) is 3. The first kappa shape index (κ1) is 13.9. The molecule has 0 heterocycles. The van der Waals surface area contributed by atoms with Crippen LogP contribution in [-0.2, 0) is 20.7 Å². The lowest BCUT2D eigenvalue weighted by Crippen LogP contribution is -2.25. The monoisotopic (exact) mass is 292 g/mol. The first-order valence-electron chi connectivity index (χ1n) is 5.50. The van der Waals surface area contributed by atoms with Gasteiger partial charge in [-0.15, -0.1) is 0 Å². The van der Waals surface area contributed by atoms with Crippen LogP contribution in [0.3, 0.4) is 0 Å². The molecule has 1 aromatic carbocycles. The van der Waals surface area contributed by atoms with Crippen molar-refractivity contribution in [1.82, 2.24) is 0 Å². The predicted octanol–water partition coefficient (Wildman–Crippen LogP) is 3.15. The van der Waals surface area contributed by atoms with Crippen LogP contribution in [0.2, 0.25) is 0 Å². The van der Waals surface area contributed by atoms with Gasteiger partial charge in [0.2, 0.25) is 0 Å². The van der Waals surface area contributed by atoms with Crippen molar-refractivity contribution >= 4 is 16.2 Å². The molecule has 0 atom stereocenters. The number of benzene rings is 1. The largest absolute Gasteiger partial charge is 0.534 e. The summed E-state index contributed by atoms with van der Waals surface area (Å²) >= 11 is 0. The minimum Gasteiger partial charge on any atom is -0.381 e. The summed E-state index contributed by atoms with van der Waals surface area (Å²) in [5, 5.41) is 0. The van der Waals surface area contributed by atoms with Crippen molar-refractivity contribution in [3.8, 4) is 0 Å². The molecule has 1 aliphatic rings. The maximum atomic E-state index is 12.2. The lowest BCUT2D eigenvalue weighted by atomic mass is 9.93. The van der Waals surface area contributed by atoms with E-state index in [0.29, 0.717) is 6.42 Å². The van der Waals surface area contributed by atoms with Gasteiger partial charge in [-0.25, -0.2) is 0 Å². The zero-order valence-corrected chi connectivity index (χ0v) is 10.8. The van der Waals surface area contributed by atoms with Gasteiger partial charge in [0.1, 0.15) is 5.76 Å². The van der Waals surface area contributed by atoms with E-state index in [4.69, 9.17) is 0 Å². The Morgan fingerprint density at radius 3 is 2.53 bits per heavy atom. The minimum atomic E-state index is -5.58. The smallest absolute Gasteiger partial charge is 0.381 e. The second-order valence-electron chi connectivity index (χ2n) is 4.24. The van der Waals surface area contributed by atoms with Crippen LogP contribution in [0.1, 0.15) is 23.1 Å². The van der Waals surface area contributed by atoms with Gasteiger partial charge >= 0.3 is 15.6 Å². The zero-order chi connectivity index (χ0) is 14.3. The highest BCUT2D eigenvalue weighted by Crippen LogP contribution is 2.32. The van der Waals surface area contributed by atoms with Gasteiger partial charge < -0.3 is 4.18 Å². The molecule has 3 nitrogen and oxygen atoms in total. The highest BCUT2D eigenvalue weighted by atomic mass is 32.2. The topological polar surface area (TPSA) is 43.4 Å². The standard InChI is InChI=1S/C12H11F3O3S/c1-8-3-2-4-9-5-6-10(7-11(8)9)18-19(16,17)12(13,14)15/h2-4,7H,5-6H2,1H3. The Kier molecular flexibility index (Phi) is 3.34. The summed E-state index contributed by atoms with van der Waals surface area (Å²) in [4.78, 5) is 0. The molecule has 0 unspecified atom stereocenters. The van der Waals surface area contributed by atoms with Gasteiger partial charge in [0.05, 0.1) is 0 Å². The number of fused-ring (bicyclic) bond motifs is 1. The van der Waals surface area contributed by atoms with E-state index in [2.05, 4.69) is 4.18 Å². The molecule has 19 heavy (non-hydrogen) atoms. The molecule has 0 bridgehead atoms. The van der Waals surface area contributed by atoms with Crippen molar-refractivity contribution < 1.29 is 25.8 Å². The van der Waals surface area contributed by atoms with Crippen LogP contribution in [-0.4, -0.2) is 13.9 Å². The summed E-state index contributed by atoms with van der Waals surface area (Å²) < 4.78 is 62.7. The van der Waals surface area contributed by atoms with Gasteiger partial charge in [-0.3, -0.25) is 0 Å². The highest BCUT2D eigenvalue weighted by molar-refractivity contribution is 7.87. The Morgan fingerprint density at radius 1 is 1.21 bits per heavy atom. The molecule has 7 heteroatoms. The van der Waals surface area contributed by atoms with Crippen molar-refractivity contribution in [3.63, 3.8) is 0 Å². The maximum absolute atomic E-state index is 12.2. The van der Waals surface area contributed by atoms with Crippen LogP contribution < -0.4 is 0 Å². The molecule has 0 fully saturated rings. The molecule has 0 saturated carbocycles. The van der Waals surface area contributed by atoms with E-state index in [1.54, 1.807) is 13.0 Å². The quantitative estimate of drug-likeness (QED) is 0.621. The summed E-state index contributed by atoms with van der Waals surface area (Å²) in [6.45, 7) is 1.80. The van der Waals surface area contributed by atoms with Gasteiger partial charge in [0.15, 0.2) is 0 Å². The Hall–Kier alpha value is -1.50. The number of rotatable bonds is 2. The van der Waals surface area contributed by atoms with Crippen molar-refractivity contribution in [2.45, 2.75) is 25.3 Å². The first-order chi connectivity index (χ1) is 8.71. The normalized spacial score (nSPS) is 15.7. The number of allylic oxidation sites excluding steroid dienone is 1. The number of hydrogen-bond donors (Lipinski definition) is 0. The first-order valence-corrected chi connectivity index (χ1v) is 6.91. The van der Waals surface area contributed by atoms with Crippen LogP contribution in [0.5, 0.6) is 0 Å². The molecule has 0 radical (unpaired) electrons. The molecular weight excluding hydrogens is 281 g/mol. The molecule has 0 amide bonds. The third kappa shape index (κ3) is 2.75. The molecule has 0 aliphatic heterocycles. The van der Waals surface area contributed by atoms with E-state index in [9.17, 15) is 21.6 Å². The van der Waals surface area contributed by atoms with Crippen molar-refractivity contribution in [2.24, 2.45) is 0 Å². The summed E-state index contributed by atoms with van der Waals surface area (Å²) in [5.74, 6) is -0.181. The number of halogens is 3. The predicted molar refractivity (Wildman–Crippen MR) is 63.5 cm³/mol. The summed E-state index contributed by atoms with van der Waals surface area (Å²) in [5.41, 5.74) is -2.85. The van der Waals surface area contributed by atoms with Gasteiger partial charge in [-0.05, 0) is 36.1 Å². The summed E-state index contributed by atoms with van der Waals surface area (Å²) in [6.07, 6.45) is 1.94. The third-order valence-corrected chi connectivity index (χ3v) is 3.86. The van der Waals surface area contributed by atoms with Crippen molar-refractivity contribution in [1.29, 1.82) is 0 Å². The van der Waals surface area contributed by atoms with E-state index in [-0.39, 0.29) is 12.2 Å². The fourth-order valence-corrected chi connectivity index (χ4v) is 2.42. The fourth-order valence-electron chi connectivity index (χ4n) is 1.91. The van der Waals surface area contributed by atoms with Crippen molar-refractivity contribution in [3.05, 3.63) is 40.6 Å². The Bertz CT molecular complexity index is 630. The van der Waals surface area contributed by atoms with E-state index in [1.165, 1.54) is 6.08 Å². The van der Waals surface area contributed by atoms with E-state index >= 15 is 0 Å². The van der Waals surface area contributed by atoms with Crippen LogP contribution in [0, 0.1) is 6.92 Å². The molecule has 0 saturated heterocycles. The lowest BCUT2D eigenvalue weighted by Gasteiger charge is -2.18. The second-order valence-corrected chi connectivity index (χ2v) is 5.78. The summed E-state index contributed by atoms with van der Waals surface area (Å²) in [7, 11) is -5.58. The summed E-state index contributed by atoms with van der Waals surface area (Å²) in [6, 6.07) is 5.50. The highest BCUT2D eigenvalue weighted by Gasteiger charge is 2.48. The average molecular weight is 292 g/mol. The second kappa shape index (κ2) is 4.56. The van der Waals surface area contributed by atoms with Crippen LogP contribution in [0.25, 0.3) is 6.08 Å². The average Bonchev–Trinajstić information content (AvgIpc) is 2.28. The molecule has 1 aromatic rings. The van der Waals surface area contributed by atoms with Gasteiger partial charge in [0, 0.05) is 6.42 Å². The van der Waals surface area contributed by atoms with Gasteiger partial charge in [-0.1, -0.05) is 18.2 Å². The van der Waals surface area contributed by atoms with E-state index in [0.717, 1.165) is 16.7 Å². The maximum Gasteiger partial charge on any atom is 0.534 e. The Labute approximate surface area is 108 Å². The molecule has 1 aliphatic carbocycles.